The molecule has 0 saturated heterocycles. The zero-order valence-electron chi connectivity index (χ0n) is 11.2. The Kier molecular flexibility index (Phi) is 4.90. The molecule has 0 spiro atoms. The molecule has 0 fully saturated rings. The molecule has 0 unspecified atom stereocenters. The highest BCUT2D eigenvalue weighted by atomic mass is 32.2. The molecule has 1 aromatic carbocycles. The minimum absolute atomic E-state index is 0.0517. The van der Waals surface area contributed by atoms with Gasteiger partial charge in [0.2, 0.25) is 10.0 Å². The number of rotatable bonds is 6. The molecule has 0 saturated carbocycles. The average molecular weight is 286 g/mol. The van der Waals surface area contributed by atoms with E-state index in [9.17, 15) is 13.2 Å². The highest BCUT2D eigenvalue weighted by molar-refractivity contribution is 7.89. The van der Waals surface area contributed by atoms with Crippen molar-refractivity contribution in [3.8, 4) is 0 Å². The lowest BCUT2D eigenvalue weighted by Gasteiger charge is -2.18. The van der Waals surface area contributed by atoms with Crippen molar-refractivity contribution < 1.29 is 18.3 Å². The van der Waals surface area contributed by atoms with Crippen LogP contribution in [-0.4, -0.2) is 51.5 Å². The number of benzene rings is 1. The Hall–Kier alpha value is -1.60. The Morgan fingerprint density at radius 3 is 2.42 bits per heavy atom. The van der Waals surface area contributed by atoms with Crippen LogP contribution in [0.5, 0.6) is 0 Å². The van der Waals surface area contributed by atoms with E-state index < -0.39 is 16.0 Å². The second-order valence-corrected chi connectivity index (χ2v) is 6.41. The number of carboxylic acids is 1. The van der Waals surface area contributed by atoms with Gasteiger partial charge in [-0.25, -0.2) is 12.7 Å². The van der Waals surface area contributed by atoms with Crippen LogP contribution in [0.2, 0.25) is 0 Å². The van der Waals surface area contributed by atoms with Crippen molar-refractivity contribution in [3.63, 3.8) is 0 Å². The van der Waals surface area contributed by atoms with Gasteiger partial charge in [-0.3, -0.25) is 4.79 Å². The molecule has 7 heteroatoms. The topological polar surface area (TPSA) is 77.9 Å². The number of aliphatic carboxylic acids is 1. The first-order valence-electron chi connectivity index (χ1n) is 5.70. The summed E-state index contributed by atoms with van der Waals surface area (Å²) in [6, 6.07) is 6.52. The first-order valence-corrected chi connectivity index (χ1v) is 7.14. The lowest BCUT2D eigenvalue weighted by molar-refractivity contribution is -0.137. The van der Waals surface area contributed by atoms with E-state index >= 15 is 0 Å². The predicted octanol–water partition coefficient (Wildman–Crippen LogP) is 0.848. The highest BCUT2D eigenvalue weighted by Gasteiger charge is 2.21. The van der Waals surface area contributed by atoms with Gasteiger partial charge in [0.25, 0.3) is 0 Å². The largest absolute Gasteiger partial charge is 0.481 e. The Balaban J connectivity index is 2.99. The Morgan fingerprint density at radius 2 is 1.89 bits per heavy atom. The Bertz CT molecular complexity index is 555. The third-order valence-corrected chi connectivity index (χ3v) is 4.54. The number of hydrogen-bond acceptors (Lipinski definition) is 4. The van der Waals surface area contributed by atoms with Crippen LogP contribution < -0.4 is 4.90 Å². The summed E-state index contributed by atoms with van der Waals surface area (Å²) in [4.78, 5) is 12.4. The molecule has 0 bridgehead atoms. The van der Waals surface area contributed by atoms with E-state index in [2.05, 4.69) is 0 Å². The van der Waals surface area contributed by atoms with Crippen LogP contribution in [0.3, 0.4) is 0 Å². The molecular formula is C12H18N2O4S. The van der Waals surface area contributed by atoms with Gasteiger partial charge in [-0.1, -0.05) is 6.07 Å². The zero-order chi connectivity index (χ0) is 14.6. The minimum Gasteiger partial charge on any atom is -0.481 e. The van der Waals surface area contributed by atoms with E-state index in [0.717, 1.165) is 9.99 Å². The Labute approximate surface area is 113 Å². The fourth-order valence-electron chi connectivity index (χ4n) is 1.48. The molecule has 0 amide bonds. The second-order valence-electron chi connectivity index (χ2n) is 4.36. The molecule has 0 aliphatic heterocycles. The maximum atomic E-state index is 12.2. The summed E-state index contributed by atoms with van der Waals surface area (Å²) >= 11 is 0. The molecule has 0 atom stereocenters. The molecule has 1 N–H and O–H groups in total. The van der Waals surface area contributed by atoms with Crippen molar-refractivity contribution in [3.05, 3.63) is 24.3 Å². The number of anilines is 1. The number of hydrogen-bond donors (Lipinski definition) is 1. The van der Waals surface area contributed by atoms with E-state index in [4.69, 9.17) is 5.11 Å². The van der Waals surface area contributed by atoms with Crippen molar-refractivity contribution >= 4 is 21.7 Å². The maximum Gasteiger partial charge on any atom is 0.304 e. The number of nitrogens with zero attached hydrogens (tertiary/aromatic N) is 2. The van der Waals surface area contributed by atoms with Crippen molar-refractivity contribution in [2.75, 3.05) is 32.6 Å². The van der Waals surface area contributed by atoms with Gasteiger partial charge >= 0.3 is 5.97 Å². The van der Waals surface area contributed by atoms with Crippen molar-refractivity contribution in [1.29, 1.82) is 0 Å². The first-order chi connectivity index (χ1) is 8.75. The number of carboxylic acid groups (broad SMARTS) is 1. The quantitative estimate of drug-likeness (QED) is 0.838. The monoisotopic (exact) mass is 286 g/mol. The number of carbonyl (C=O) groups is 1. The predicted molar refractivity (Wildman–Crippen MR) is 72.8 cm³/mol. The maximum absolute atomic E-state index is 12.2. The molecule has 0 radical (unpaired) electrons. The summed E-state index contributed by atoms with van der Waals surface area (Å²) < 4.78 is 25.5. The summed E-state index contributed by atoms with van der Waals surface area (Å²) in [5.74, 6) is -1.02. The molecule has 106 valence electrons. The molecule has 0 aromatic heterocycles. The molecule has 0 aliphatic rings. The summed E-state index contributed by atoms with van der Waals surface area (Å²) in [6.45, 7) is -0.0517. The van der Waals surface area contributed by atoms with Crippen molar-refractivity contribution in [2.24, 2.45) is 0 Å². The summed E-state index contributed by atoms with van der Waals surface area (Å²) in [6.07, 6.45) is -0.219. The smallest absolute Gasteiger partial charge is 0.304 e. The lowest BCUT2D eigenvalue weighted by Crippen LogP contribution is -2.29. The van der Waals surface area contributed by atoms with Gasteiger partial charge in [-0.15, -0.1) is 0 Å². The van der Waals surface area contributed by atoms with Crippen LogP contribution in [-0.2, 0) is 14.8 Å². The van der Waals surface area contributed by atoms with Crippen molar-refractivity contribution in [1.82, 2.24) is 4.31 Å². The first kappa shape index (κ1) is 15.5. The average Bonchev–Trinajstić information content (AvgIpc) is 2.35. The van der Waals surface area contributed by atoms with Crippen LogP contribution in [0.25, 0.3) is 0 Å². The number of sulfonamides is 1. The summed E-state index contributed by atoms with van der Waals surface area (Å²) in [7, 11) is 1.37. The SMILES string of the molecule is CN(C)c1cccc(S(=O)(=O)N(C)CCC(=O)O)c1. The van der Waals surface area contributed by atoms with Gasteiger partial charge in [-0.2, -0.15) is 0 Å². The van der Waals surface area contributed by atoms with Crippen LogP contribution in [0.15, 0.2) is 29.2 Å². The van der Waals surface area contributed by atoms with E-state index in [1.54, 1.807) is 23.1 Å². The van der Waals surface area contributed by atoms with E-state index in [1.165, 1.54) is 13.1 Å². The third kappa shape index (κ3) is 3.93. The van der Waals surface area contributed by atoms with Crippen LogP contribution in [0.1, 0.15) is 6.42 Å². The highest BCUT2D eigenvalue weighted by Crippen LogP contribution is 2.20. The standard InChI is InChI=1S/C12H18N2O4S/c1-13(2)10-5-4-6-11(9-10)19(17,18)14(3)8-7-12(15)16/h4-6,9H,7-8H2,1-3H3,(H,15,16). The molecule has 19 heavy (non-hydrogen) atoms. The van der Waals surface area contributed by atoms with Gasteiger partial charge in [0.1, 0.15) is 0 Å². The van der Waals surface area contributed by atoms with Crippen LogP contribution in [0.4, 0.5) is 5.69 Å². The summed E-state index contributed by atoms with van der Waals surface area (Å²) in [5, 5.41) is 8.59. The van der Waals surface area contributed by atoms with Gasteiger partial charge < -0.3 is 10.0 Å². The van der Waals surface area contributed by atoms with Gasteiger partial charge in [0, 0.05) is 33.4 Å². The van der Waals surface area contributed by atoms with E-state index in [-0.39, 0.29) is 17.9 Å². The molecule has 0 heterocycles. The van der Waals surface area contributed by atoms with Crippen molar-refractivity contribution in [2.45, 2.75) is 11.3 Å². The lowest BCUT2D eigenvalue weighted by atomic mass is 10.3. The van der Waals surface area contributed by atoms with Crippen LogP contribution in [0, 0.1) is 0 Å². The normalized spacial score (nSPS) is 11.6. The van der Waals surface area contributed by atoms with Gasteiger partial charge in [0.05, 0.1) is 11.3 Å². The fraction of sp³-hybridized carbons (Fsp3) is 0.417. The minimum atomic E-state index is -3.65. The van der Waals surface area contributed by atoms with E-state index in [1.807, 2.05) is 14.1 Å². The molecule has 6 nitrogen and oxygen atoms in total. The summed E-state index contributed by atoms with van der Waals surface area (Å²) in [5.41, 5.74) is 0.771. The van der Waals surface area contributed by atoms with E-state index in [0.29, 0.717) is 0 Å². The molecular weight excluding hydrogens is 268 g/mol. The zero-order valence-corrected chi connectivity index (χ0v) is 12.0. The van der Waals surface area contributed by atoms with Crippen LogP contribution >= 0.6 is 0 Å². The third-order valence-electron chi connectivity index (χ3n) is 2.68. The van der Waals surface area contributed by atoms with Gasteiger partial charge in [0.15, 0.2) is 0 Å². The Morgan fingerprint density at radius 1 is 1.26 bits per heavy atom. The van der Waals surface area contributed by atoms with Gasteiger partial charge in [-0.05, 0) is 18.2 Å². The molecule has 1 aromatic rings. The fourth-order valence-corrected chi connectivity index (χ4v) is 2.69. The molecule has 1 rings (SSSR count). The second kappa shape index (κ2) is 6.03. The molecule has 0 aliphatic carbocycles.